The van der Waals surface area contributed by atoms with Crippen LogP contribution in [-0.4, -0.2) is 59.8 Å². The third-order valence-electron chi connectivity index (χ3n) is 5.28. The number of nitrogens with one attached hydrogen (secondary N) is 2. The van der Waals surface area contributed by atoms with Crippen LogP contribution in [0, 0.1) is 11.8 Å². The first-order chi connectivity index (χ1) is 13.9. The first-order valence-electron chi connectivity index (χ1n) is 10.7. The van der Waals surface area contributed by atoms with Gasteiger partial charge in [-0.15, -0.1) is 0 Å². The number of ether oxygens (including phenoxy) is 3. The molecule has 30 heavy (non-hydrogen) atoms. The summed E-state index contributed by atoms with van der Waals surface area (Å²) in [5.74, 6) is -0.728. The van der Waals surface area contributed by atoms with Crippen molar-refractivity contribution in [3.8, 4) is 0 Å². The van der Waals surface area contributed by atoms with E-state index in [1.54, 1.807) is 27.7 Å². The summed E-state index contributed by atoms with van der Waals surface area (Å²) in [7, 11) is 0. The minimum absolute atomic E-state index is 0.0674. The first kappa shape index (κ1) is 26.0. The van der Waals surface area contributed by atoms with Gasteiger partial charge in [0.1, 0.15) is 11.7 Å². The predicted molar refractivity (Wildman–Crippen MR) is 111 cm³/mol. The molecule has 0 radical (unpaired) electrons. The van der Waals surface area contributed by atoms with Crippen molar-refractivity contribution >= 4 is 18.2 Å². The smallest absolute Gasteiger partial charge is 0.444 e. The van der Waals surface area contributed by atoms with Crippen molar-refractivity contribution < 1.29 is 33.7 Å². The summed E-state index contributed by atoms with van der Waals surface area (Å²) in [6.07, 6.45) is -1.75. The Morgan fingerprint density at radius 2 is 1.73 bits per heavy atom. The van der Waals surface area contributed by atoms with Crippen LogP contribution in [-0.2, 0) is 19.0 Å². The molecular weight excluding hydrogens is 392 g/mol. The van der Waals surface area contributed by atoms with E-state index in [0.717, 1.165) is 12.8 Å². The number of hydrogen-bond acceptors (Lipinski definition) is 7. The molecule has 1 saturated carbocycles. The van der Waals surface area contributed by atoms with Crippen LogP contribution in [0.1, 0.15) is 67.7 Å². The lowest BCUT2D eigenvalue weighted by Gasteiger charge is -2.36. The van der Waals surface area contributed by atoms with Crippen LogP contribution in [0.25, 0.3) is 0 Å². The van der Waals surface area contributed by atoms with Gasteiger partial charge in [0.15, 0.2) is 0 Å². The van der Waals surface area contributed by atoms with Gasteiger partial charge >= 0.3 is 12.2 Å². The second-order valence-corrected chi connectivity index (χ2v) is 8.70. The van der Waals surface area contributed by atoms with E-state index in [9.17, 15) is 19.5 Å². The molecule has 3 N–H and O–H groups in total. The van der Waals surface area contributed by atoms with Gasteiger partial charge in [0.25, 0.3) is 0 Å². The molecule has 0 aromatic heterocycles. The molecule has 1 fully saturated rings. The Kier molecular flexibility index (Phi) is 9.87. The minimum atomic E-state index is -1.09. The fourth-order valence-corrected chi connectivity index (χ4v) is 4.06. The number of carbonyl (C=O) groups excluding carboxylic acids is 3. The average Bonchev–Trinajstić information content (AvgIpc) is 2.88. The predicted octanol–water partition coefficient (Wildman–Crippen LogP) is 2.74. The molecule has 0 bridgehead atoms. The van der Waals surface area contributed by atoms with Gasteiger partial charge in [0.05, 0.1) is 12.7 Å². The molecule has 0 saturated heterocycles. The molecule has 0 heterocycles. The van der Waals surface area contributed by atoms with Crippen molar-refractivity contribution in [2.75, 3.05) is 6.61 Å². The standard InChI is InChI=1S/C21H38N2O7/c1-8-13(9-2)17(22-12(4)24)16-14(23-19(26)30-21(5,6)7)11-15(18(16)25)29-20(27)28-10-3/h13-18,25H,8-11H2,1-7H3,(H,22,24)(H,23,26)/t14-,15+,16-,17+,18-/m1/s1. The number of aliphatic hydroxyl groups is 1. The number of rotatable bonds is 8. The fourth-order valence-electron chi connectivity index (χ4n) is 4.06. The molecule has 5 atom stereocenters. The zero-order valence-corrected chi connectivity index (χ0v) is 19.2. The van der Waals surface area contributed by atoms with Gasteiger partial charge in [0, 0.05) is 31.3 Å². The van der Waals surface area contributed by atoms with Crippen LogP contribution in [0.4, 0.5) is 9.59 Å². The molecule has 0 unspecified atom stereocenters. The molecule has 1 aliphatic carbocycles. The second kappa shape index (κ2) is 11.4. The molecule has 0 aliphatic heterocycles. The minimum Gasteiger partial charge on any atom is -0.444 e. The van der Waals surface area contributed by atoms with Crippen LogP contribution in [0.15, 0.2) is 0 Å². The van der Waals surface area contributed by atoms with Crippen molar-refractivity contribution in [1.82, 2.24) is 10.6 Å². The molecular formula is C21H38N2O7. The van der Waals surface area contributed by atoms with Gasteiger partial charge in [-0.3, -0.25) is 4.79 Å². The third-order valence-corrected chi connectivity index (χ3v) is 5.28. The van der Waals surface area contributed by atoms with Crippen molar-refractivity contribution in [2.24, 2.45) is 11.8 Å². The maximum atomic E-state index is 12.4. The van der Waals surface area contributed by atoms with Gasteiger partial charge < -0.3 is 30.0 Å². The van der Waals surface area contributed by atoms with Crippen LogP contribution < -0.4 is 10.6 Å². The summed E-state index contributed by atoms with van der Waals surface area (Å²) < 4.78 is 15.5. The normalized spacial score (nSPS) is 24.8. The van der Waals surface area contributed by atoms with Gasteiger partial charge in [-0.2, -0.15) is 0 Å². The van der Waals surface area contributed by atoms with E-state index in [1.165, 1.54) is 6.92 Å². The van der Waals surface area contributed by atoms with E-state index in [-0.39, 0.29) is 24.9 Å². The molecule has 1 rings (SSSR count). The average molecular weight is 431 g/mol. The lowest BCUT2D eigenvalue weighted by atomic mass is 9.81. The van der Waals surface area contributed by atoms with Gasteiger partial charge in [0.2, 0.25) is 5.91 Å². The largest absolute Gasteiger partial charge is 0.508 e. The molecule has 0 spiro atoms. The molecule has 1 aliphatic rings. The zero-order valence-electron chi connectivity index (χ0n) is 19.2. The summed E-state index contributed by atoms with van der Waals surface area (Å²) in [5, 5.41) is 16.8. The summed E-state index contributed by atoms with van der Waals surface area (Å²) in [6.45, 7) is 12.5. The molecule has 174 valence electrons. The highest BCUT2D eigenvalue weighted by molar-refractivity contribution is 5.73. The lowest BCUT2D eigenvalue weighted by molar-refractivity contribution is -0.121. The van der Waals surface area contributed by atoms with E-state index in [0.29, 0.717) is 0 Å². The Balaban J connectivity index is 3.17. The molecule has 0 aromatic carbocycles. The van der Waals surface area contributed by atoms with Gasteiger partial charge in [-0.05, 0) is 33.6 Å². The number of carbonyl (C=O) groups is 3. The van der Waals surface area contributed by atoms with Crippen LogP contribution in [0.2, 0.25) is 0 Å². The van der Waals surface area contributed by atoms with E-state index >= 15 is 0 Å². The summed E-state index contributed by atoms with van der Waals surface area (Å²) in [6, 6.07) is -0.977. The topological polar surface area (TPSA) is 123 Å². The van der Waals surface area contributed by atoms with E-state index in [2.05, 4.69) is 10.6 Å². The second-order valence-electron chi connectivity index (χ2n) is 8.70. The molecule has 9 nitrogen and oxygen atoms in total. The Labute approximate surface area is 179 Å². The van der Waals surface area contributed by atoms with E-state index < -0.39 is 48.1 Å². The van der Waals surface area contributed by atoms with E-state index in [1.807, 2.05) is 13.8 Å². The summed E-state index contributed by atoms with van der Waals surface area (Å²) in [4.78, 5) is 36.1. The molecule has 2 amide bonds. The van der Waals surface area contributed by atoms with Crippen molar-refractivity contribution in [2.45, 2.75) is 97.6 Å². The van der Waals surface area contributed by atoms with Gasteiger partial charge in [-0.1, -0.05) is 26.7 Å². The Morgan fingerprint density at radius 1 is 1.13 bits per heavy atom. The Hall–Kier alpha value is -2.03. The zero-order chi connectivity index (χ0) is 23.1. The monoisotopic (exact) mass is 430 g/mol. The highest BCUT2D eigenvalue weighted by atomic mass is 16.7. The van der Waals surface area contributed by atoms with E-state index in [4.69, 9.17) is 14.2 Å². The van der Waals surface area contributed by atoms with Crippen LogP contribution in [0.3, 0.4) is 0 Å². The van der Waals surface area contributed by atoms with Crippen molar-refractivity contribution in [3.05, 3.63) is 0 Å². The molecule has 0 aromatic rings. The van der Waals surface area contributed by atoms with Crippen LogP contribution in [0.5, 0.6) is 0 Å². The van der Waals surface area contributed by atoms with Crippen molar-refractivity contribution in [3.63, 3.8) is 0 Å². The SMILES string of the molecule is CCOC(=O)O[C@H]1C[C@@H](NC(=O)OC(C)(C)C)[C@H]([C@@H](NC(C)=O)C(CC)CC)[C@@H]1O. The Morgan fingerprint density at radius 3 is 2.20 bits per heavy atom. The highest BCUT2D eigenvalue weighted by Gasteiger charge is 2.50. The maximum absolute atomic E-state index is 12.4. The van der Waals surface area contributed by atoms with Crippen LogP contribution >= 0.6 is 0 Å². The quantitative estimate of drug-likeness (QED) is 0.506. The van der Waals surface area contributed by atoms with Gasteiger partial charge in [-0.25, -0.2) is 9.59 Å². The third kappa shape index (κ3) is 7.66. The number of aliphatic hydroxyl groups excluding tert-OH is 1. The number of alkyl carbamates (subject to hydrolysis) is 1. The number of hydrogen-bond donors (Lipinski definition) is 3. The summed E-state index contributed by atoms with van der Waals surface area (Å²) >= 11 is 0. The fraction of sp³-hybridized carbons (Fsp3) is 0.857. The summed E-state index contributed by atoms with van der Waals surface area (Å²) in [5.41, 5.74) is -0.690. The Bertz CT molecular complexity index is 586. The maximum Gasteiger partial charge on any atom is 0.508 e. The first-order valence-corrected chi connectivity index (χ1v) is 10.7. The molecule has 9 heteroatoms. The number of amides is 2. The van der Waals surface area contributed by atoms with Crippen molar-refractivity contribution in [1.29, 1.82) is 0 Å². The lowest BCUT2D eigenvalue weighted by Crippen LogP contribution is -2.54. The highest BCUT2D eigenvalue weighted by Crippen LogP contribution is 2.36.